The number of carboxylic acid groups (broad SMARTS) is 1. The molecular formula is C12H16N2O4. The summed E-state index contributed by atoms with van der Waals surface area (Å²) in [6.07, 6.45) is 1.52. The molecule has 6 heteroatoms. The molecule has 1 unspecified atom stereocenters. The SMILES string of the molecule is CCOc1ncccc1C(=O)N(C)C(C)C(=O)O. The first-order valence-electron chi connectivity index (χ1n) is 5.56. The largest absolute Gasteiger partial charge is 0.480 e. The van der Waals surface area contributed by atoms with Crippen molar-refractivity contribution in [2.24, 2.45) is 0 Å². The summed E-state index contributed by atoms with van der Waals surface area (Å²) in [5.74, 6) is -1.27. The van der Waals surface area contributed by atoms with E-state index in [9.17, 15) is 9.59 Å². The third-order valence-electron chi connectivity index (χ3n) is 2.54. The van der Waals surface area contributed by atoms with E-state index in [0.717, 1.165) is 4.90 Å². The van der Waals surface area contributed by atoms with Crippen molar-refractivity contribution in [3.8, 4) is 5.88 Å². The van der Waals surface area contributed by atoms with Crippen LogP contribution in [0.2, 0.25) is 0 Å². The van der Waals surface area contributed by atoms with Gasteiger partial charge in [0.1, 0.15) is 11.6 Å². The number of rotatable bonds is 5. The molecule has 0 bridgehead atoms. The van der Waals surface area contributed by atoms with Crippen molar-refractivity contribution in [1.82, 2.24) is 9.88 Å². The Morgan fingerprint density at radius 3 is 2.78 bits per heavy atom. The third-order valence-corrected chi connectivity index (χ3v) is 2.54. The number of likely N-dealkylation sites (N-methyl/N-ethyl adjacent to an activating group) is 1. The summed E-state index contributed by atoms with van der Waals surface area (Å²) in [6.45, 7) is 3.61. The molecule has 1 aromatic rings. The molecule has 0 saturated carbocycles. The van der Waals surface area contributed by atoms with Crippen LogP contribution in [0, 0.1) is 0 Å². The molecule has 1 rings (SSSR count). The van der Waals surface area contributed by atoms with Crippen LogP contribution in [0.4, 0.5) is 0 Å². The number of aromatic nitrogens is 1. The third kappa shape index (κ3) is 2.97. The first kappa shape index (κ1) is 14.0. The van der Waals surface area contributed by atoms with Crippen molar-refractivity contribution in [2.45, 2.75) is 19.9 Å². The minimum atomic E-state index is -1.06. The van der Waals surface area contributed by atoms with Gasteiger partial charge in [0.2, 0.25) is 5.88 Å². The minimum Gasteiger partial charge on any atom is -0.480 e. The number of carbonyl (C=O) groups excluding carboxylic acids is 1. The Labute approximate surface area is 105 Å². The molecule has 1 heterocycles. The van der Waals surface area contributed by atoms with Gasteiger partial charge in [0.05, 0.1) is 6.61 Å². The van der Waals surface area contributed by atoms with Gasteiger partial charge in [-0.1, -0.05) is 0 Å². The van der Waals surface area contributed by atoms with Crippen molar-refractivity contribution >= 4 is 11.9 Å². The number of hydrogen-bond acceptors (Lipinski definition) is 4. The lowest BCUT2D eigenvalue weighted by atomic mass is 10.2. The van der Waals surface area contributed by atoms with E-state index in [1.54, 1.807) is 19.1 Å². The van der Waals surface area contributed by atoms with Gasteiger partial charge in [-0.25, -0.2) is 9.78 Å². The summed E-state index contributed by atoms with van der Waals surface area (Å²) < 4.78 is 5.24. The van der Waals surface area contributed by atoms with E-state index in [1.165, 1.54) is 20.2 Å². The molecule has 6 nitrogen and oxygen atoms in total. The van der Waals surface area contributed by atoms with E-state index in [1.807, 2.05) is 0 Å². The van der Waals surface area contributed by atoms with Gasteiger partial charge < -0.3 is 14.7 Å². The Morgan fingerprint density at radius 1 is 1.56 bits per heavy atom. The number of aliphatic carboxylic acids is 1. The predicted octanol–water partition coefficient (Wildman–Crippen LogP) is 1.03. The molecule has 98 valence electrons. The Hall–Kier alpha value is -2.11. The fraction of sp³-hybridized carbons (Fsp3) is 0.417. The summed E-state index contributed by atoms with van der Waals surface area (Å²) in [5.41, 5.74) is 0.259. The van der Waals surface area contributed by atoms with Crippen molar-refractivity contribution in [3.63, 3.8) is 0 Å². The highest BCUT2D eigenvalue weighted by molar-refractivity contribution is 5.98. The second kappa shape index (κ2) is 6.00. The molecule has 0 radical (unpaired) electrons. The second-order valence-electron chi connectivity index (χ2n) is 3.72. The van der Waals surface area contributed by atoms with Crippen LogP contribution >= 0.6 is 0 Å². The van der Waals surface area contributed by atoms with Crippen molar-refractivity contribution in [3.05, 3.63) is 23.9 Å². The molecule has 0 aliphatic heterocycles. The quantitative estimate of drug-likeness (QED) is 0.846. The first-order valence-corrected chi connectivity index (χ1v) is 5.56. The van der Waals surface area contributed by atoms with E-state index in [2.05, 4.69) is 4.98 Å². The van der Waals surface area contributed by atoms with Crippen LogP contribution < -0.4 is 4.74 Å². The lowest BCUT2D eigenvalue weighted by Crippen LogP contribution is -2.40. The van der Waals surface area contributed by atoms with Crippen LogP contribution in [0.25, 0.3) is 0 Å². The number of ether oxygens (including phenoxy) is 1. The molecule has 18 heavy (non-hydrogen) atoms. The number of nitrogens with zero attached hydrogens (tertiary/aromatic N) is 2. The molecule has 1 N–H and O–H groups in total. The molecule has 0 aliphatic rings. The van der Waals surface area contributed by atoms with Gasteiger partial charge >= 0.3 is 5.97 Å². The van der Waals surface area contributed by atoms with Crippen LogP contribution in [-0.4, -0.2) is 46.6 Å². The first-order chi connectivity index (χ1) is 8.49. The van der Waals surface area contributed by atoms with Gasteiger partial charge in [0, 0.05) is 13.2 Å². The zero-order valence-electron chi connectivity index (χ0n) is 10.6. The fourth-order valence-corrected chi connectivity index (χ4v) is 1.34. The highest BCUT2D eigenvalue weighted by atomic mass is 16.5. The molecule has 0 saturated heterocycles. The van der Waals surface area contributed by atoms with Crippen molar-refractivity contribution < 1.29 is 19.4 Å². The van der Waals surface area contributed by atoms with Gasteiger partial charge in [-0.05, 0) is 26.0 Å². The maximum Gasteiger partial charge on any atom is 0.326 e. The summed E-state index contributed by atoms with van der Waals surface area (Å²) in [4.78, 5) is 28.1. The van der Waals surface area contributed by atoms with Crippen molar-refractivity contribution in [1.29, 1.82) is 0 Å². The van der Waals surface area contributed by atoms with E-state index < -0.39 is 17.9 Å². The Bertz CT molecular complexity index is 447. The van der Waals surface area contributed by atoms with E-state index in [4.69, 9.17) is 9.84 Å². The van der Waals surface area contributed by atoms with Crippen LogP contribution in [0.5, 0.6) is 5.88 Å². The van der Waals surface area contributed by atoms with Crippen molar-refractivity contribution in [2.75, 3.05) is 13.7 Å². The van der Waals surface area contributed by atoms with Gasteiger partial charge in [-0.15, -0.1) is 0 Å². The maximum atomic E-state index is 12.1. The number of carbonyl (C=O) groups is 2. The predicted molar refractivity (Wildman–Crippen MR) is 64.6 cm³/mol. The molecule has 1 amide bonds. The van der Waals surface area contributed by atoms with Gasteiger partial charge in [-0.3, -0.25) is 4.79 Å². The standard InChI is InChI=1S/C12H16N2O4/c1-4-18-10-9(6-5-7-13-10)11(15)14(3)8(2)12(16)17/h5-8H,4H2,1-3H3,(H,16,17). The zero-order valence-corrected chi connectivity index (χ0v) is 10.6. The number of carboxylic acids is 1. The Kier molecular flexibility index (Phi) is 4.65. The average molecular weight is 252 g/mol. The van der Waals surface area contributed by atoms with Gasteiger partial charge in [-0.2, -0.15) is 0 Å². The number of hydrogen-bond donors (Lipinski definition) is 1. The maximum absolute atomic E-state index is 12.1. The summed E-state index contributed by atoms with van der Waals surface area (Å²) in [7, 11) is 1.43. The monoisotopic (exact) mass is 252 g/mol. The summed E-state index contributed by atoms with van der Waals surface area (Å²) in [5, 5.41) is 8.88. The van der Waals surface area contributed by atoms with Crippen LogP contribution in [0.1, 0.15) is 24.2 Å². The van der Waals surface area contributed by atoms with Gasteiger partial charge in [0.15, 0.2) is 0 Å². The van der Waals surface area contributed by atoms with Gasteiger partial charge in [0.25, 0.3) is 5.91 Å². The second-order valence-corrected chi connectivity index (χ2v) is 3.72. The lowest BCUT2D eigenvalue weighted by Gasteiger charge is -2.22. The molecular weight excluding hydrogens is 236 g/mol. The summed E-state index contributed by atoms with van der Waals surface area (Å²) >= 11 is 0. The highest BCUT2D eigenvalue weighted by Gasteiger charge is 2.25. The number of amides is 1. The topological polar surface area (TPSA) is 79.7 Å². The van der Waals surface area contributed by atoms with Crippen LogP contribution in [0.3, 0.4) is 0 Å². The van der Waals surface area contributed by atoms with Crippen LogP contribution in [0.15, 0.2) is 18.3 Å². The van der Waals surface area contributed by atoms with E-state index in [0.29, 0.717) is 6.61 Å². The Morgan fingerprint density at radius 2 is 2.22 bits per heavy atom. The lowest BCUT2D eigenvalue weighted by molar-refractivity contribution is -0.141. The average Bonchev–Trinajstić information content (AvgIpc) is 2.37. The number of pyridine rings is 1. The smallest absolute Gasteiger partial charge is 0.326 e. The molecule has 0 aliphatic carbocycles. The highest BCUT2D eigenvalue weighted by Crippen LogP contribution is 2.17. The van der Waals surface area contributed by atoms with Crippen LogP contribution in [-0.2, 0) is 4.79 Å². The Balaban J connectivity index is 2.99. The minimum absolute atomic E-state index is 0.217. The normalized spacial score (nSPS) is 11.7. The molecule has 1 atom stereocenters. The molecule has 0 fully saturated rings. The van der Waals surface area contributed by atoms with E-state index in [-0.39, 0.29) is 11.4 Å². The summed E-state index contributed by atoms with van der Waals surface area (Å²) in [6, 6.07) is 2.26. The molecule has 1 aromatic heterocycles. The fourth-order valence-electron chi connectivity index (χ4n) is 1.34. The van der Waals surface area contributed by atoms with E-state index >= 15 is 0 Å². The zero-order chi connectivity index (χ0) is 13.7. The molecule has 0 aromatic carbocycles. The molecule has 0 spiro atoms.